The highest BCUT2D eigenvalue weighted by Gasteiger charge is 2.31. The minimum absolute atomic E-state index is 0.0955. The van der Waals surface area contributed by atoms with Crippen LogP contribution in [0, 0.1) is 6.92 Å². The van der Waals surface area contributed by atoms with E-state index in [-0.39, 0.29) is 22.7 Å². The van der Waals surface area contributed by atoms with Gasteiger partial charge in [0.05, 0.1) is 22.7 Å². The van der Waals surface area contributed by atoms with Gasteiger partial charge < -0.3 is 18.6 Å². The van der Waals surface area contributed by atoms with Crippen LogP contribution in [-0.2, 0) is 10.8 Å². The third-order valence-electron chi connectivity index (χ3n) is 15.1. The standard InChI is InChI=1S/C67H62N2O2/c1-39(2)52-37-57(68(42-21-14-12-15-22-42)56-30-20-27-48-46-25-18-28-54(66(6,7)8)62(46)70-64(48)56)50-35-33-45-53(40(3)4)38-58(51-36-34-44(52)59(50)60(45)51)69(43-23-16-13-17-24-43)61-41(5)31-32-49-47-26-19-29-55(67(9,10)11)63(47)71-65(49)61/h12-40H,1-11H3. The Kier molecular flexibility index (Phi) is 10.2. The predicted octanol–water partition coefficient (Wildman–Crippen LogP) is 20.5. The number of hydrogen-bond donors (Lipinski definition) is 0. The van der Waals surface area contributed by atoms with Crippen molar-refractivity contribution < 1.29 is 8.83 Å². The van der Waals surface area contributed by atoms with Crippen LogP contribution in [0.1, 0.15) is 109 Å². The average molecular weight is 927 g/mol. The van der Waals surface area contributed by atoms with Gasteiger partial charge >= 0.3 is 0 Å². The molecule has 0 amide bonds. The summed E-state index contributed by atoms with van der Waals surface area (Å²) in [4.78, 5) is 4.94. The third kappa shape index (κ3) is 6.93. The Labute approximate surface area is 417 Å². The summed E-state index contributed by atoms with van der Waals surface area (Å²) < 4.78 is 14.4. The van der Waals surface area contributed by atoms with Crippen molar-refractivity contribution in [1.82, 2.24) is 0 Å². The first-order valence-corrected chi connectivity index (χ1v) is 25.5. The summed E-state index contributed by atoms with van der Waals surface area (Å²) in [5, 5.41) is 12.0. The van der Waals surface area contributed by atoms with Crippen molar-refractivity contribution in [3.8, 4) is 0 Å². The minimum atomic E-state index is -0.0991. The summed E-state index contributed by atoms with van der Waals surface area (Å²) in [6.45, 7) is 25.2. The van der Waals surface area contributed by atoms with E-state index in [9.17, 15) is 0 Å². The molecule has 2 heterocycles. The van der Waals surface area contributed by atoms with Crippen molar-refractivity contribution in [3.63, 3.8) is 0 Å². The number of furan rings is 2. The van der Waals surface area contributed by atoms with Crippen molar-refractivity contribution in [3.05, 3.63) is 192 Å². The van der Waals surface area contributed by atoms with Crippen LogP contribution < -0.4 is 9.80 Å². The third-order valence-corrected chi connectivity index (χ3v) is 15.1. The van der Waals surface area contributed by atoms with Crippen LogP contribution in [0.25, 0.3) is 76.2 Å². The van der Waals surface area contributed by atoms with Crippen molar-refractivity contribution in [2.24, 2.45) is 0 Å². The van der Waals surface area contributed by atoms with E-state index in [1.54, 1.807) is 0 Å². The van der Waals surface area contributed by atoms with Gasteiger partial charge in [0.15, 0.2) is 11.2 Å². The number of rotatable bonds is 8. The summed E-state index contributed by atoms with van der Waals surface area (Å²) in [5.41, 5.74) is 16.1. The zero-order chi connectivity index (χ0) is 49.2. The SMILES string of the molecule is Cc1ccc2c(oc3c(C(C)(C)C)cccc32)c1N(c1ccccc1)c1cc(C(C)C)c2ccc3c(N(c4ccccc4)c4cccc5c4oc4c(C(C)(C)C)cccc45)cc(C(C)C)c4ccc1c2c43. The molecule has 0 saturated heterocycles. The molecule has 10 aromatic carbocycles. The monoisotopic (exact) mass is 926 g/mol. The van der Waals surface area contributed by atoms with Crippen molar-refractivity contribution in [2.45, 2.75) is 98.8 Å². The Hall–Kier alpha value is -7.56. The highest BCUT2D eigenvalue weighted by atomic mass is 16.3. The normalized spacial score (nSPS) is 12.7. The first kappa shape index (κ1) is 44.6. The second-order valence-corrected chi connectivity index (χ2v) is 22.5. The number of fused-ring (bicyclic) bond motifs is 6. The lowest BCUT2D eigenvalue weighted by Gasteiger charge is -2.32. The zero-order valence-corrected chi connectivity index (χ0v) is 43.0. The average Bonchev–Trinajstić information content (AvgIpc) is 3.93. The lowest BCUT2D eigenvalue weighted by molar-refractivity contribution is 0.572. The fraction of sp³-hybridized carbons (Fsp3) is 0.224. The molecule has 71 heavy (non-hydrogen) atoms. The maximum atomic E-state index is 7.23. The van der Waals surface area contributed by atoms with Gasteiger partial charge in [0, 0.05) is 54.8 Å². The molecule has 12 aromatic rings. The quantitative estimate of drug-likeness (QED) is 0.142. The van der Waals surface area contributed by atoms with E-state index < -0.39 is 0 Å². The Morgan fingerprint density at radius 1 is 0.366 bits per heavy atom. The van der Waals surface area contributed by atoms with Crippen LogP contribution in [-0.4, -0.2) is 0 Å². The second-order valence-electron chi connectivity index (χ2n) is 22.5. The molecule has 4 heteroatoms. The molecule has 0 saturated carbocycles. The van der Waals surface area contributed by atoms with Crippen LogP contribution in [0.15, 0.2) is 173 Å². The van der Waals surface area contributed by atoms with Gasteiger partial charge in [-0.1, -0.05) is 191 Å². The van der Waals surface area contributed by atoms with Crippen LogP contribution in [0.4, 0.5) is 34.1 Å². The summed E-state index contributed by atoms with van der Waals surface area (Å²) in [7, 11) is 0. The van der Waals surface area contributed by atoms with Crippen LogP contribution in [0.5, 0.6) is 0 Å². The van der Waals surface area contributed by atoms with E-state index in [4.69, 9.17) is 8.83 Å². The topological polar surface area (TPSA) is 32.8 Å². The Balaban J connectivity index is 1.20. The van der Waals surface area contributed by atoms with E-state index in [1.807, 2.05) is 0 Å². The maximum Gasteiger partial charge on any atom is 0.159 e. The van der Waals surface area contributed by atoms with Gasteiger partial charge in [-0.25, -0.2) is 0 Å². The molecule has 2 aromatic heterocycles. The number of nitrogens with zero attached hydrogens (tertiary/aromatic N) is 2. The Morgan fingerprint density at radius 3 is 1.27 bits per heavy atom. The predicted molar refractivity (Wildman–Crippen MR) is 304 cm³/mol. The number of aryl methyl sites for hydroxylation is 1. The van der Waals surface area contributed by atoms with Gasteiger partial charge in [0.2, 0.25) is 0 Å². The Morgan fingerprint density at radius 2 is 0.775 bits per heavy atom. The van der Waals surface area contributed by atoms with Crippen molar-refractivity contribution in [2.75, 3.05) is 9.80 Å². The van der Waals surface area contributed by atoms with Crippen LogP contribution in [0.3, 0.4) is 0 Å². The van der Waals surface area contributed by atoms with Gasteiger partial charge in [-0.05, 0) is 110 Å². The highest BCUT2D eigenvalue weighted by molar-refractivity contribution is 6.30. The number of hydrogen-bond acceptors (Lipinski definition) is 4. The van der Waals surface area contributed by atoms with E-state index in [0.717, 1.165) is 83.6 Å². The molecule has 0 bridgehead atoms. The van der Waals surface area contributed by atoms with Crippen molar-refractivity contribution in [1.29, 1.82) is 0 Å². The van der Waals surface area contributed by atoms with Gasteiger partial charge in [-0.15, -0.1) is 0 Å². The fourth-order valence-corrected chi connectivity index (χ4v) is 11.7. The molecular formula is C67H62N2O2. The highest BCUT2D eigenvalue weighted by Crippen LogP contribution is 2.54. The lowest BCUT2D eigenvalue weighted by Crippen LogP contribution is -2.14. The minimum Gasteiger partial charge on any atom is -0.454 e. The van der Waals surface area contributed by atoms with Crippen molar-refractivity contribution >= 4 is 110 Å². The summed E-state index contributed by atoms with van der Waals surface area (Å²) >= 11 is 0. The largest absolute Gasteiger partial charge is 0.454 e. The molecule has 0 unspecified atom stereocenters. The molecule has 0 aliphatic heterocycles. The maximum absolute atomic E-state index is 7.23. The summed E-state index contributed by atoms with van der Waals surface area (Å²) in [6.07, 6.45) is 0. The molecule has 4 nitrogen and oxygen atoms in total. The fourth-order valence-electron chi connectivity index (χ4n) is 11.7. The molecule has 0 radical (unpaired) electrons. The van der Waals surface area contributed by atoms with Crippen LogP contribution in [0.2, 0.25) is 0 Å². The molecule has 0 fully saturated rings. The molecule has 12 rings (SSSR count). The summed E-state index contributed by atoms with van der Waals surface area (Å²) in [5.74, 6) is 0.477. The number of anilines is 6. The van der Waals surface area contributed by atoms with E-state index in [1.165, 1.54) is 54.6 Å². The van der Waals surface area contributed by atoms with E-state index in [2.05, 4.69) is 250 Å². The Bertz CT molecular complexity index is 4030. The van der Waals surface area contributed by atoms with Gasteiger partial charge in [-0.3, -0.25) is 0 Å². The first-order valence-electron chi connectivity index (χ1n) is 25.5. The van der Waals surface area contributed by atoms with Gasteiger partial charge in [0.1, 0.15) is 11.2 Å². The lowest BCUT2D eigenvalue weighted by atomic mass is 9.84. The second kappa shape index (κ2) is 16.2. The smallest absolute Gasteiger partial charge is 0.159 e. The summed E-state index contributed by atoms with van der Waals surface area (Å²) in [6, 6.07) is 60.7. The molecule has 352 valence electrons. The molecule has 0 aliphatic carbocycles. The first-order chi connectivity index (χ1) is 34.1. The molecule has 0 N–H and O–H groups in total. The van der Waals surface area contributed by atoms with Crippen LogP contribution >= 0.6 is 0 Å². The molecule has 0 aliphatic rings. The van der Waals surface area contributed by atoms with Gasteiger partial charge in [0.25, 0.3) is 0 Å². The van der Waals surface area contributed by atoms with E-state index in [0.29, 0.717) is 0 Å². The number of para-hydroxylation sites is 5. The van der Waals surface area contributed by atoms with Gasteiger partial charge in [-0.2, -0.15) is 0 Å². The molecule has 0 spiro atoms. The molecule has 0 atom stereocenters. The number of benzene rings is 10. The molecular weight excluding hydrogens is 865 g/mol. The zero-order valence-electron chi connectivity index (χ0n) is 43.0. The van der Waals surface area contributed by atoms with E-state index >= 15 is 0 Å².